The molecule has 2 N–H and O–H groups in total. The summed E-state index contributed by atoms with van der Waals surface area (Å²) < 4.78 is 2.31. The number of aryl methyl sites for hydroxylation is 1. The number of nitriles is 1. The van der Waals surface area contributed by atoms with Crippen molar-refractivity contribution in [1.29, 1.82) is 5.26 Å². The fourth-order valence-electron chi connectivity index (χ4n) is 2.28. The molecule has 21 heavy (non-hydrogen) atoms. The van der Waals surface area contributed by atoms with Crippen LogP contribution in [-0.4, -0.2) is 32.0 Å². The molecule has 1 unspecified atom stereocenters. The van der Waals surface area contributed by atoms with E-state index in [2.05, 4.69) is 27.9 Å². The van der Waals surface area contributed by atoms with Crippen molar-refractivity contribution < 1.29 is 0 Å². The zero-order valence-corrected chi connectivity index (χ0v) is 13.5. The van der Waals surface area contributed by atoms with Crippen LogP contribution >= 0.6 is 23.5 Å². The maximum atomic E-state index is 8.60. The molecule has 0 bridgehead atoms. The molecule has 3 heterocycles. The number of nitrogens with zero attached hydrogens (tertiary/aromatic N) is 4. The van der Waals surface area contributed by atoms with Gasteiger partial charge in [-0.05, 0) is 12.7 Å². The van der Waals surface area contributed by atoms with Gasteiger partial charge in [0, 0.05) is 20.0 Å². The van der Waals surface area contributed by atoms with E-state index in [0.717, 1.165) is 40.5 Å². The van der Waals surface area contributed by atoms with Crippen LogP contribution in [0.1, 0.15) is 12.8 Å². The Bertz CT molecular complexity index is 705. The van der Waals surface area contributed by atoms with Crippen LogP contribution in [0.2, 0.25) is 0 Å². The van der Waals surface area contributed by atoms with Gasteiger partial charge in [0.2, 0.25) is 0 Å². The molecule has 1 aliphatic heterocycles. The summed E-state index contributed by atoms with van der Waals surface area (Å²) in [4.78, 5) is 9.17. The lowest BCUT2D eigenvalue weighted by molar-refractivity contribution is 0.890. The first-order valence-corrected chi connectivity index (χ1v) is 8.83. The normalized spacial score (nSPS) is 16.5. The highest BCUT2D eigenvalue weighted by Gasteiger charge is 2.27. The third-order valence-electron chi connectivity index (χ3n) is 3.28. The Kier molecular flexibility index (Phi) is 4.12. The molecule has 0 spiro atoms. The number of thioether (sulfide) groups is 2. The van der Waals surface area contributed by atoms with Gasteiger partial charge in [-0.15, -0.1) is 11.8 Å². The highest BCUT2D eigenvalue weighted by molar-refractivity contribution is 8.17. The van der Waals surface area contributed by atoms with Gasteiger partial charge >= 0.3 is 0 Å². The smallest absolute Gasteiger partial charge is 0.155 e. The molecule has 0 fully saturated rings. The van der Waals surface area contributed by atoms with Crippen molar-refractivity contribution in [2.75, 3.05) is 23.4 Å². The van der Waals surface area contributed by atoms with E-state index < -0.39 is 0 Å². The lowest BCUT2D eigenvalue weighted by Gasteiger charge is -2.09. The van der Waals surface area contributed by atoms with Crippen LogP contribution < -0.4 is 10.6 Å². The summed E-state index contributed by atoms with van der Waals surface area (Å²) in [5.74, 6) is 0.804. The molecule has 6 nitrogen and oxygen atoms in total. The van der Waals surface area contributed by atoms with Crippen LogP contribution in [0.15, 0.2) is 11.4 Å². The maximum absolute atomic E-state index is 8.60. The van der Waals surface area contributed by atoms with E-state index in [9.17, 15) is 0 Å². The fraction of sp³-hybridized carbons (Fsp3) is 0.462. The second-order valence-electron chi connectivity index (χ2n) is 4.71. The van der Waals surface area contributed by atoms with Gasteiger partial charge in [-0.3, -0.25) is 0 Å². The molecule has 1 atom stereocenters. The van der Waals surface area contributed by atoms with Crippen LogP contribution in [-0.2, 0) is 7.05 Å². The van der Waals surface area contributed by atoms with Gasteiger partial charge in [0.25, 0.3) is 0 Å². The van der Waals surface area contributed by atoms with Crippen molar-refractivity contribution >= 4 is 46.1 Å². The minimum absolute atomic E-state index is 0.291. The van der Waals surface area contributed by atoms with Crippen molar-refractivity contribution in [1.82, 2.24) is 14.5 Å². The average molecular weight is 320 g/mol. The number of anilines is 2. The Morgan fingerprint density at radius 1 is 1.62 bits per heavy atom. The van der Waals surface area contributed by atoms with E-state index in [4.69, 9.17) is 10.2 Å². The van der Waals surface area contributed by atoms with Crippen molar-refractivity contribution in [3.8, 4) is 6.07 Å². The molecule has 0 saturated heterocycles. The number of fused-ring (bicyclic) bond motifs is 3. The lowest BCUT2D eigenvalue weighted by atomic mass is 10.3. The second-order valence-corrected chi connectivity index (χ2v) is 7.05. The number of pyridine rings is 1. The number of unbranched alkanes of at least 4 members (excludes halogenated alkanes) is 1. The number of imidazole rings is 1. The highest BCUT2D eigenvalue weighted by atomic mass is 32.2. The summed E-state index contributed by atoms with van der Waals surface area (Å²) in [7, 11) is 1.99. The van der Waals surface area contributed by atoms with Crippen LogP contribution in [0, 0.1) is 11.3 Å². The summed E-state index contributed by atoms with van der Waals surface area (Å²) in [5, 5.41) is 16.4. The minimum atomic E-state index is 0.291. The summed E-state index contributed by atoms with van der Waals surface area (Å²) >= 11 is 3.49. The highest BCUT2D eigenvalue weighted by Crippen LogP contribution is 2.45. The van der Waals surface area contributed by atoms with Crippen molar-refractivity contribution in [3.05, 3.63) is 6.33 Å². The first-order valence-electron chi connectivity index (χ1n) is 6.66. The lowest BCUT2D eigenvalue weighted by Crippen LogP contribution is -2.06. The zero-order valence-electron chi connectivity index (χ0n) is 11.9. The Hall–Kier alpha value is -1.59. The third kappa shape index (κ3) is 2.63. The molecule has 0 radical (unpaired) electrons. The van der Waals surface area contributed by atoms with E-state index in [1.807, 2.05) is 17.9 Å². The predicted octanol–water partition coefficient (Wildman–Crippen LogP) is 2.85. The van der Waals surface area contributed by atoms with Gasteiger partial charge in [0.15, 0.2) is 5.82 Å². The van der Waals surface area contributed by atoms with E-state index in [-0.39, 0.29) is 0 Å². The Morgan fingerprint density at radius 3 is 3.24 bits per heavy atom. The Balaban J connectivity index is 1.96. The van der Waals surface area contributed by atoms with Crippen LogP contribution in [0.25, 0.3) is 11.0 Å². The number of rotatable bonds is 5. The van der Waals surface area contributed by atoms with Crippen molar-refractivity contribution in [2.24, 2.45) is 7.05 Å². The number of hydrogen-bond donors (Lipinski definition) is 2. The second kappa shape index (κ2) is 6.03. The summed E-state index contributed by atoms with van der Waals surface area (Å²) in [6.07, 6.45) is 5.25. The van der Waals surface area contributed by atoms with Crippen LogP contribution in [0.4, 0.5) is 11.5 Å². The summed E-state index contributed by atoms with van der Waals surface area (Å²) in [6.45, 7) is 0.731. The molecule has 0 aromatic carbocycles. The van der Waals surface area contributed by atoms with Gasteiger partial charge in [-0.2, -0.15) is 5.26 Å². The first kappa shape index (κ1) is 14.4. The largest absolute Gasteiger partial charge is 0.368 e. The van der Waals surface area contributed by atoms with Gasteiger partial charge in [0.05, 0.1) is 23.6 Å². The van der Waals surface area contributed by atoms with Gasteiger partial charge in [-0.25, -0.2) is 9.97 Å². The predicted molar refractivity (Wildman–Crippen MR) is 88.6 cm³/mol. The minimum Gasteiger partial charge on any atom is -0.368 e. The molecular formula is C13H16N6S2. The van der Waals surface area contributed by atoms with E-state index in [0.29, 0.717) is 11.1 Å². The topological polar surface area (TPSA) is 78.6 Å². The van der Waals surface area contributed by atoms with Gasteiger partial charge in [-0.1, -0.05) is 11.8 Å². The molecule has 1 aliphatic rings. The Labute approximate surface area is 131 Å². The van der Waals surface area contributed by atoms with Crippen molar-refractivity contribution in [2.45, 2.75) is 22.6 Å². The molecule has 0 aliphatic carbocycles. The van der Waals surface area contributed by atoms with E-state index in [1.165, 1.54) is 0 Å². The number of aromatic nitrogens is 3. The van der Waals surface area contributed by atoms with Crippen molar-refractivity contribution in [3.63, 3.8) is 0 Å². The quantitative estimate of drug-likeness (QED) is 0.820. The fourth-order valence-corrected chi connectivity index (χ4v) is 3.97. The molecule has 3 rings (SSSR count). The van der Waals surface area contributed by atoms with Gasteiger partial charge < -0.3 is 15.2 Å². The van der Waals surface area contributed by atoms with Crippen LogP contribution in [0.3, 0.4) is 0 Å². The molecule has 110 valence electrons. The summed E-state index contributed by atoms with van der Waals surface area (Å²) in [5.41, 5.74) is 3.02. The van der Waals surface area contributed by atoms with Gasteiger partial charge in [0.1, 0.15) is 15.2 Å². The Morgan fingerprint density at radius 2 is 2.48 bits per heavy atom. The molecule has 2 aromatic rings. The first-order chi connectivity index (χ1) is 10.2. The monoisotopic (exact) mass is 320 g/mol. The SMILES string of the molecule is CSC1Nc2c(nc(NCCCC#N)c3ncn(C)c23)S1. The maximum Gasteiger partial charge on any atom is 0.155 e. The van der Waals surface area contributed by atoms with Crippen LogP contribution in [0.5, 0.6) is 0 Å². The number of hydrogen-bond acceptors (Lipinski definition) is 7. The summed E-state index contributed by atoms with van der Waals surface area (Å²) in [6, 6.07) is 2.15. The van der Waals surface area contributed by atoms with E-state index in [1.54, 1.807) is 23.5 Å². The standard InChI is InChI=1S/C13H16N6S2/c1-19-7-16-8-10(19)9-12(21-13(17-9)20-2)18-11(8)15-6-4-3-5-14/h7,13,17H,3-4,6H2,1-2H3,(H,15,18). The molecule has 0 amide bonds. The third-order valence-corrected chi connectivity index (χ3v) is 5.54. The molecular weight excluding hydrogens is 304 g/mol. The average Bonchev–Trinajstić information content (AvgIpc) is 3.06. The zero-order chi connectivity index (χ0) is 14.8. The molecule has 0 saturated carbocycles. The number of nitrogens with one attached hydrogen (secondary N) is 2. The van der Waals surface area contributed by atoms with E-state index >= 15 is 0 Å². The molecule has 2 aromatic heterocycles. The molecule has 8 heteroatoms.